The number of hydrogen-bond acceptors (Lipinski definition) is 7. The lowest BCUT2D eigenvalue weighted by atomic mass is 9.78. The third kappa shape index (κ3) is 3.32. The van der Waals surface area contributed by atoms with Gasteiger partial charge in [0.15, 0.2) is 10.8 Å². The van der Waals surface area contributed by atoms with Crippen molar-refractivity contribution in [3.63, 3.8) is 0 Å². The van der Waals surface area contributed by atoms with Crippen molar-refractivity contribution >= 4 is 22.1 Å². The van der Waals surface area contributed by atoms with Gasteiger partial charge >= 0.3 is 0 Å². The predicted molar refractivity (Wildman–Crippen MR) is 103 cm³/mol. The van der Waals surface area contributed by atoms with Gasteiger partial charge in [-0.25, -0.2) is 15.0 Å². The zero-order valence-electron chi connectivity index (χ0n) is 15.3. The molecule has 3 heterocycles. The zero-order valence-corrected chi connectivity index (χ0v) is 16.1. The number of thiazole rings is 1. The van der Waals surface area contributed by atoms with Crippen LogP contribution in [0.15, 0.2) is 12.3 Å². The minimum atomic E-state index is 0.294. The van der Waals surface area contributed by atoms with Gasteiger partial charge in [0.2, 0.25) is 0 Å². The van der Waals surface area contributed by atoms with Crippen molar-refractivity contribution in [3.8, 4) is 0 Å². The average Bonchev–Trinajstić information content (AvgIpc) is 3.09. The van der Waals surface area contributed by atoms with Gasteiger partial charge < -0.3 is 15.8 Å². The molecule has 3 aromatic heterocycles. The van der Waals surface area contributed by atoms with E-state index in [2.05, 4.69) is 39.7 Å². The first-order valence-corrected chi connectivity index (χ1v) is 9.65. The summed E-state index contributed by atoms with van der Waals surface area (Å²) in [6, 6.07) is 2.33. The fourth-order valence-corrected chi connectivity index (χ4v) is 4.25. The van der Waals surface area contributed by atoms with Gasteiger partial charge in [-0.3, -0.25) is 4.40 Å². The first-order chi connectivity index (χ1) is 12.5. The minimum absolute atomic E-state index is 0.294. The molecule has 0 saturated heterocycles. The Morgan fingerprint density at radius 1 is 1.31 bits per heavy atom. The molecule has 1 fully saturated rings. The molecule has 1 saturated carbocycles. The molecule has 0 atom stereocenters. The van der Waals surface area contributed by atoms with Crippen LogP contribution in [0, 0.1) is 13.8 Å². The molecule has 138 valence electrons. The second-order valence-corrected chi connectivity index (χ2v) is 8.12. The summed E-state index contributed by atoms with van der Waals surface area (Å²) >= 11 is 1.72. The molecule has 1 aliphatic rings. The van der Waals surface area contributed by atoms with Crippen LogP contribution in [0.4, 0.5) is 5.82 Å². The molecule has 8 heteroatoms. The second-order valence-electron chi connectivity index (χ2n) is 6.94. The Kier molecular flexibility index (Phi) is 4.64. The number of imidazole rings is 1. The van der Waals surface area contributed by atoms with E-state index >= 15 is 0 Å². The van der Waals surface area contributed by atoms with Crippen molar-refractivity contribution in [1.29, 1.82) is 0 Å². The van der Waals surface area contributed by atoms with Gasteiger partial charge in [-0.05, 0) is 26.7 Å². The van der Waals surface area contributed by atoms with E-state index in [1.807, 2.05) is 6.07 Å². The number of aryl methyl sites for hydroxylation is 2. The predicted octanol–water partition coefficient (Wildman–Crippen LogP) is 2.77. The number of hydrogen-bond donors (Lipinski definition) is 2. The first-order valence-electron chi connectivity index (χ1n) is 8.83. The van der Waals surface area contributed by atoms with Gasteiger partial charge in [-0.1, -0.05) is 0 Å². The van der Waals surface area contributed by atoms with Crippen molar-refractivity contribution in [2.75, 3.05) is 12.4 Å². The average molecular weight is 372 g/mol. The van der Waals surface area contributed by atoms with Crippen molar-refractivity contribution in [2.24, 2.45) is 5.73 Å². The van der Waals surface area contributed by atoms with Crippen LogP contribution in [0.5, 0.6) is 0 Å². The number of nitrogens with two attached hydrogens (primary N) is 1. The summed E-state index contributed by atoms with van der Waals surface area (Å²) in [5.74, 6) is 1.93. The Morgan fingerprint density at radius 2 is 2.12 bits per heavy atom. The fraction of sp³-hybridized carbons (Fsp3) is 0.500. The van der Waals surface area contributed by atoms with E-state index in [0.29, 0.717) is 30.9 Å². The third-order valence-corrected chi connectivity index (χ3v) is 6.02. The second kappa shape index (κ2) is 6.94. The van der Waals surface area contributed by atoms with Crippen molar-refractivity contribution in [1.82, 2.24) is 19.4 Å². The number of rotatable bonds is 6. The first kappa shape index (κ1) is 17.4. The van der Waals surface area contributed by atoms with E-state index in [9.17, 15) is 0 Å². The van der Waals surface area contributed by atoms with Crippen LogP contribution in [0.2, 0.25) is 0 Å². The van der Waals surface area contributed by atoms with E-state index in [1.54, 1.807) is 18.4 Å². The number of anilines is 1. The van der Waals surface area contributed by atoms with E-state index < -0.39 is 0 Å². The van der Waals surface area contributed by atoms with Crippen molar-refractivity contribution in [3.05, 3.63) is 40.0 Å². The van der Waals surface area contributed by atoms with Gasteiger partial charge in [0, 0.05) is 47.6 Å². The van der Waals surface area contributed by atoms with Crippen LogP contribution in [0.25, 0.3) is 4.96 Å². The molecule has 1 aliphatic carbocycles. The maximum atomic E-state index is 5.93. The van der Waals surface area contributed by atoms with Gasteiger partial charge in [-0.15, -0.1) is 11.3 Å². The fourth-order valence-electron chi connectivity index (χ4n) is 3.28. The molecule has 0 aliphatic heterocycles. The summed E-state index contributed by atoms with van der Waals surface area (Å²) < 4.78 is 7.36. The molecule has 7 nitrogen and oxygen atoms in total. The Morgan fingerprint density at radius 3 is 2.81 bits per heavy atom. The maximum absolute atomic E-state index is 5.93. The number of methoxy groups -OCH3 is 1. The topological polar surface area (TPSA) is 90.4 Å². The molecular weight excluding hydrogens is 348 g/mol. The normalized spacial score (nSPS) is 19.7. The third-order valence-electron chi connectivity index (χ3n) is 4.95. The Balaban J connectivity index is 1.52. The highest BCUT2D eigenvalue weighted by atomic mass is 32.1. The summed E-state index contributed by atoms with van der Waals surface area (Å²) in [6.45, 7) is 5.27. The highest BCUT2D eigenvalue weighted by Crippen LogP contribution is 2.35. The Labute approximate surface area is 156 Å². The smallest absolute Gasteiger partial charge is 0.194 e. The number of nitrogens with one attached hydrogen (secondary N) is 1. The van der Waals surface area contributed by atoms with Crippen LogP contribution >= 0.6 is 11.3 Å². The van der Waals surface area contributed by atoms with Crippen LogP contribution in [-0.4, -0.2) is 32.5 Å². The molecule has 0 unspecified atom stereocenters. The van der Waals surface area contributed by atoms with E-state index in [1.165, 1.54) is 10.6 Å². The standard InChI is InChI=1S/C18H24N6OS/c1-10-11(2)26-18-21-14(8-24(10)18)7-20-16-6-15(12-4-13(19)5-12)22-17(23-16)9-25-3/h6,8,12-13H,4-5,7,9,19H2,1-3H3,(H,20,22,23). The lowest BCUT2D eigenvalue weighted by Gasteiger charge is -2.32. The molecule has 4 rings (SSSR count). The van der Waals surface area contributed by atoms with Gasteiger partial charge in [0.1, 0.15) is 12.4 Å². The SMILES string of the molecule is COCc1nc(NCc2cn3c(C)c(C)sc3n2)cc(C2CC(N)C2)n1. The number of fused-ring (bicyclic) bond motifs is 1. The molecule has 26 heavy (non-hydrogen) atoms. The summed E-state index contributed by atoms with van der Waals surface area (Å²) in [5.41, 5.74) is 9.23. The number of aromatic nitrogens is 4. The Hall–Kier alpha value is -2.03. The lowest BCUT2D eigenvalue weighted by molar-refractivity contribution is 0.177. The van der Waals surface area contributed by atoms with Gasteiger partial charge in [0.25, 0.3) is 0 Å². The highest BCUT2D eigenvalue weighted by molar-refractivity contribution is 7.17. The largest absolute Gasteiger partial charge is 0.377 e. The molecule has 3 aromatic rings. The summed E-state index contributed by atoms with van der Waals surface area (Å²) in [6.07, 6.45) is 4.06. The maximum Gasteiger partial charge on any atom is 0.194 e. The van der Waals surface area contributed by atoms with E-state index in [0.717, 1.165) is 35.0 Å². The molecule has 0 radical (unpaired) electrons. The molecule has 0 spiro atoms. The molecular formula is C18H24N6OS. The van der Waals surface area contributed by atoms with E-state index in [4.69, 9.17) is 15.5 Å². The number of nitrogens with zero attached hydrogens (tertiary/aromatic N) is 4. The highest BCUT2D eigenvalue weighted by Gasteiger charge is 2.29. The number of ether oxygens (including phenoxy) is 1. The van der Waals surface area contributed by atoms with Crippen LogP contribution < -0.4 is 11.1 Å². The van der Waals surface area contributed by atoms with E-state index in [-0.39, 0.29) is 0 Å². The van der Waals surface area contributed by atoms with Crippen LogP contribution in [0.1, 0.15) is 46.5 Å². The summed E-state index contributed by atoms with van der Waals surface area (Å²) in [4.78, 5) is 16.2. The summed E-state index contributed by atoms with van der Waals surface area (Å²) in [5, 5.41) is 3.39. The van der Waals surface area contributed by atoms with Gasteiger partial charge in [0.05, 0.1) is 12.2 Å². The molecule has 3 N–H and O–H groups in total. The van der Waals surface area contributed by atoms with Crippen molar-refractivity contribution < 1.29 is 4.74 Å². The monoisotopic (exact) mass is 372 g/mol. The molecule has 0 aromatic carbocycles. The minimum Gasteiger partial charge on any atom is -0.377 e. The zero-order chi connectivity index (χ0) is 18.3. The summed E-state index contributed by atoms with van der Waals surface area (Å²) in [7, 11) is 1.66. The van der Waals surface area contributed by atoms with Crippen LogP contribution in [0.3, 0.4) is 0 Å². The quantitative estimate of drug-likeness (QED) is 0.691. The van der Waals surface area contributed by atoms with Gasteiger partial charge in [-0.2, -0.15) is 0 Å². The van der Waals surface area contributed by atoms with Crippen molar-refractivity contribution in [2.45, 2.75) is 51.8 Å². The molecule has 0 bridgehead atoms. The lowest BCUT2D eigenvalue weighted by Crippen LogP contribution is -2.35. The molecule has 0 amide bonds. The Bertz CT molecular complexity index is 927. The van der Waals surface area contributed by atoms with Crippen LogP contribution in [-0.2, 0) is 17.9 Å².